The first-order chi connectivity index (χ1) is 14.5. The van der Waals surface area contributed by atoms with Crippen molar-refractivity contribution < 1.29 is 24.2 Å². The number of rotatable bonds is 9. The van der Waals surface area contributed by atoms with E-state index in [-0.39, 0.29) is 29.0 Å². The van der Waals surface area contributed by atoms with Crippen molar-refractivity contribution in [2.24, 2.45) is 0 Å². The van der Waals surface area contributed by atoms with Gasteiger partial charge in [-0.15, -0.1) is 0 Å². The van der Waals surface area contributed by atoms with E-state index in [4.69, 9.17) is 14.6 Å². The summed E-state index contributed by atoms with van der Waals surface area (Å²) >= 11 is 0. The number of carbonyl (C=O) groups excluding carboxylic acids is 1. The molecule has 154 valence electrons. The lowest BCUT2D eigenvalue weighted by molar-refractivity contribution is 0.0696. The molecule has 0 aliphatic heterocycles. The van der Waals surface area contributed by atoms with Crippen LogP contribution in [0.15, 0.2) is 54.7 Å². The summed E-state index contributed by atoms with van der Waals surface area (Å²) < 4.78 is 10.7. The number of carboxylic acid groups (broad SMARTS) is 1. The van der Waals surface area contributed by atoms with Crippen LogP contribution < -0.4 is 14.8 Å². The predicted octanol–water partition coefficient (Wildman–Crippen LogP) is 2.84. The Morgan fingerprint density at radius 2 is 1.90 bits per heavy atom. The van der Waals surface area contributed by atoms with Crippen molar-refractivity contribution in [3.8, 4) is 11.9 Å². The van der Waals surface area contributed by atoms with Crippen molar-refractivity contribution in [1.29, 1.82) is 0 Å². The molecule has 0 saturated heterocycles. The van der Waals surface area contributed by atoms with Gasteiger partial charge in [-0.2, -0.15) is 9.97 Å². The van der Waals surface area contributed by atoms with Crippen LogP contribution in [0.5, 0.6) is 11.9 Å². The second-order valence-electron chi connectivity index (χ2n) is 6.21. The van der Waals surface area contributed by atoms with Gasteiger partial charge in [-0.25, -0.2) is 9.78 Å². The molecule has 1 amide bonds. The van der Waals surface area contributed by atoms with E-state index in [1.807, 2.05) is 30.3 Å². The maximum atomic E-state index is 12.5. The second-order valence-corrected chi connectivity index (χ2v) is 6.21. The van der Waals surface area contributed by atoms with Crippen molar-refractivity contribution in [3.05, 3.63) is 71.5 Å². The van der Waals surface area contributed by atoms with E-state index in [9.17, 15) is 9.59 Å². The molecule has 2 heterocycles. The lowest BCUT2D eigenvalue weighted by Crippen LogP contribution is -2.16. The van der Waals surface area contributed by atoms with Crippen LogP contribution in [0.1, 0.15) is 32.8 Å². The van der Waals surface area contributed by atoms with E-state index in [0.717, 1.165) is 19.0 Å². The molecule has 0 atom stereocenters. The Morgan fingerprint density at radius 1 is 1.10 bits per heavy atom. The van der Waals surface area contributed by atoms with Crippen LogP contribution in [0, 0.1) is 0 Å². The number of aryl methyl sites for hydroxylation is 1. The average molecular weight is 408 g/mol. The highest BCUT2D eigenvalue weighted by atomic mass is 16.5. The third-order valence-corrected chi connectivity index (χ3v) is 4.06. The van der Waals surface area contributed by atoms with Gasteiger partial charge in [-0.05, 0) is 30.5 Å². The fraction of sp³-hybridized carbons (Fsp3) is 0.190. The Bertz CT molecular complexity index is 1010. The monoisotopic (exact) mass is 408 g/mol. The van der Waals surface area contributed by atoms with Crippen LogP contribution in [0.4, 0.5) is 5.82 Å². The van der Waals surface area contributed by atoms with Crippen LogP contribution >= 0.6 is 0 Å². The van der Waals surface area contributed by atoms with Crippen LogP contribution in [-0.4, -0.2) is 45.7 Å². The number of ether oxygens (including phenoxy) is 2. The number of methoxy groups -OCH3 is 1. The van der Waals surface area contributed by atoms with Crippen LogP contribution in [-0.2, 0) is 6.42 Å². The highest BCUT2D eigenvalue weighted by molar-refractivity contribution is 6.02. The molecule has 0 aliphatic carbocycles. The van der Waals surface area contributed by atoms with E-state index >= 15 is 0 Å². The summed E-state index contributed by atoms with van der Waals surface area (Å²) in [6, 6.07) is 14.1. The van der Waals surface area contributed by atoms with E-state index < -0.39 is 11.9 Å². The number of benzene rings is 1. The molecular formula is C21H20N4O5. The van der Waals surface area contributed by atoms with Gasteiger partial charge in [-0.1, -0.05) is 30.3 Å². The number of carbonyl (C=O) groups is 2. The first-order valence-electron chi connectivity index (χ1n) is 9.15. The van der Waals surface area contributed by atoms with E-state index in [2.05, 4.69) is 20.3 Å². The standard InChI is InChI=1S/C21H20N4O5/c1-29-18-12-16(19(26)24-17-10-9-15(13-22-17)20(27)28)23-21(25-18)30-11-5-8-14-6-3-2-4-7-14/h2-4,6-7,9-10,12-13H,5,8,11H2,1H3,(H,27,28)(H,22,24,26). The largest absolute Gasteiger partial charge is 0.481 e. The molecule has 0 fully saturated rings. The zero-order valence-corrected chi connectivity index (χ0v) is 16.2. The molecule has 2 N–H and O–H groups in total. The molecule has 0 radical (unpaired) electrons. The molecule has 30 heavy (non-hydrogen) atoms. The van der Waals surface area contributed by atoms with Gasteiger partial charge in [-0.3, -0.25) is 4.79 Å². The normalized spacial score (nSPS) is 10.3. The molecule has 3 rings (SSSR count). The van der Waals surface area contributed by atoms with Gasteiger partial charge in [0.05, 0.1) is 19.3 Å². The molecule has 2 aromatic heterocycles. The molecular weight excluding hydrogens is 388 g/mol. The summed E-state index contributed by atoms with van der Waals surface area (Å²) in [4.78, 5) is 35.5. The number of nitrogens with one attached hydrogen (secondary N) is 1. The van der Waals surface area contributed by atoms with Crippen molar-refractivity contribution in [3.63, 3.8) is 0 Å². The molecule has 9 heteroatoms. The first kappa shape index (κ1) is 20.7. The van der Waals surface area contributed by atoms with Crippen molar-refractivity contribution in [2.45, 2.75) is 12.8 Å². The lowest BCUT2D eigenvalue weighted by Gasteiger charge is -2.09. The summed E-state index contributed by atoms with van der Waals surface area (Å²) in [6.07, 6.45) is 2.75. The quantitative estimate of drug-likeness (QED) is 0.518. The third kappa shape index (κ3) is 5.74. The van der Waals surface area contributed by atoms with Gasteiger partial charge in [0.2, 0.25) is 5.88 Å². The second kappa shape index (κ2) is 9.97. The van der Waals surface area contributed by atoms with Crippen molar-refractivity contribution in [2.75, 3.05) is 19.0 Å². The number of amides is 1. The smallest absolute Gasteiger partial charge is 0.337 e. The maximum Gasteiger partial charge on any atom is 0.337 e. The van der Waals surface area contributed by atoms with Gasteiger partial charge in [0, 0.05) is 12.3 Å². The number of aromatic carboxylic acids is 1. The van der Waals surface area contributed by atoms with Gasteiger partial charge in [0.15, 0.2) is 0 Å². The molecule has 9 nitrogen and oxygen atoms in total. The fourth-order valence-electron chi connectivity index (χ4n) is 2.55. The predicted molar refractivity (Wildman–Crippen MR) is 108 cm³/mol. The Labute approximate surface area is 172 Å². The minimum atomic E-state index is -1.10. The molecule has 0 unspecified atom stereocenters. The molecule has 0 saturated carbocycles. The average Bonchev–Trinajstić information content (AvgIpc) is 2.77. The number of carboxylic acids is 1. The molecule has 0 bridgehead atoms. The van der Waals surface area contributed by atoms with Crippen molar-refractivity contribution >= 4 is 17.7 Å². The van der Waals surface area contributed by atoms with Crippen LogP contribution in [0.25, 0.3) is 0 Å². The van der Waals surface area contributed by atoms with Gasteiger partial charge in [0.25, 0.3) is 5.91 Å². The molecule has 3 aromatic rings. The first-order valence-corrected chi connectivity index (χ1v) is 9.15. The topological polar surface area (TPSA) is 124 Å². The van der Waals surface area contributed by atoms with Gasteiger partial charge < -0.3 is 19.9 Å². The van der Waals surface area contributed by atoms with Crippen LogP contribution in [0.3, 0.4) is 0 Å². The highest BCUT2D eigenvalue weighted by Crippen LogP contribution is 2.16. The minimum Gasteiger partial charge on any atom is -0.481 e. The highest BCUT2D eigenvalue weighted by Gasteiger charge is 2.14. The maximum absolute atomic E-state index is 12.5. The van der Waals surface area contributed by atoms with Gasteiger partial charge >= 0.3 is 12.0 Å². The van der Waals surface area contributed by atoms with E-state index in [1.165, 1.54) is 30.9 Å². The van der Waals surface area contributed by atoms with Gasteiger partial charge in [0.1, 0.15) is 11.5 Å². The Balaban J connectivity index is 1.62. The van der Waals surface area contributed by atoms with Crippen LogP contribution in [0.2, 0.25) is 0 Å². The Hall–Kier alpha value is -4.01. The Morgan fingerprint density at radius 3 is 2.57 bits per heavy atom. The SMILES string of the molecule is COc1cc(C(=O)Nc2ccc(C(=O)O)cn2)nc(OCCCc2ccccc2)n1. The lowest BCUT2D eigenvalue weighted by atomic mass is 10.1. The third-order valence-electron chi connectivity index (χ3n) is 4.06. The number of aromatic nitrogens is 3. The number of nitrogens with zero attached hydrogens (tertiary/aromatic N) is 3. The molecule has 1 aromatic carbocycles. The molecule has 0 aliphatic rings. The number of anilines is 1. The zero-order valence-electron chi connectivity index (χ0n) is 16.2. The van der Waals surface area contributed by atoms with Crippen molar-refractivity contribution in [1.82, 2.24) is 15.0 Å². The Kier molecular flexibility index (Phi) is 6.88. The number of hydrogen-bond acceptors (Lipinski definition) is 7. The molecule has 0 spiro atoms. The zero-order chi connectivity index (χ0) is 21.3. The summed E-state index contributed by atoms with van der Waals surface area (Å²) in [5.41, 5.74) is 1.25. The number of hydrogen-bond donors (Lipinski definition) is 2. The van der Waals surface area contributed by atoms with E-state index in [1.54, 1.807) is 0 Å². The fourth-order valence-corrected chi connectivity index (χ4v) is 2.55. The summed E-state index contributed by atoms with van der Waals surface area (Å²) in [5, 5.41) is 11.5. The number of pyridine rings is 1. The minimum absolute atomic E-state index is 0.0166. The summed E-state index contributed by atoms with van der Waals surface area (Å²) in [7, 11) is 1.43. The summed E-state index contributed by atoms with van der Waals surface area (Å²) in [6.45, 7) is 0.376. The van der Waals surface area contributed by atoms with E-state index in [0.29, 0.717) is 6.61 Å². The summed E-state index contributed by atoms with van der Waals surface area (Å²) in [5.74, 6) is -1.29.